The van der Waals surface area contributed by atoms with Gasteiger partial charge in [-0.25, -0.2) is 4.98 Å². The van der Waals surface area contributed by atoms with Gasteiger partial charge in [-0.1, -0.05) is 35.9 Å². The summed E-state index contributed by atoms with van der Waals surface area (Å²) in [7, 11) is 0. The maximum atomic E-state index is 6.03. The number of aromatic nitrogens is 2. The van der Waals surface area contributed by atoms with E-state index in [9.17, 15) is 0 Å². The van der Waals surface area contributed by atoms with Crippen LogP contribution in [0.5, 0.6) is 0 Å². The predicted molar refractivity (Wildman–Crippen MR) is 92.1 cm³/mol. The topological polar surface area (TPSA) is 29.9 Å². The molecule has 0 saturated heterocycles. The van der Waals surface area contributed by atoms with Gasteiger partial charge in [0.05, 0.1) is 17.1 Å². The molecule has 3 nitrogen and oxygen atoms in total. The van der Waals surface area contributed by atoms with Crippen molar-refractivity contribution in [3.8, 4) is 0 Å². The van der Waals surface area contributed by atoms with E-state index in [4.69, 9.17) is 16.6 Å². The number of fused-ring (bicyclic) bond motifs is 1. The Morgan fingerprint density at radius 1 is 1.18 bits per heavy atom. The van der Waals surface area contributed by atoms with Crippen molar-refractivity contribution in [3.05, 3.63) is 64.9 Å². The molecule has 114 valence electrons. The Labute approximate surface area is 135 Å². The molecule has 0 aliphatic heterocycles. The summed E-state index contributed by atoms with van der Waals surface area (Å²) < 4.78 is 2.27. The van der Waals surface area contributed by atoms with Crippen LogP contribution >= 0.6 is 11.6 Å². The number of para-hydroxylation sites is 2. The van der Waals surface area contributed by atoms with Crippen molar-refractivity contribution in [2.75, 3.05) is 0 Å². The lowest BCUT2D eigenvalue weighted by atomic mass is 10.2. The number of hydrogen-bond donors (Lipinski definition) is 1. The third-order valence-corrected chi connectivity index (χ3v) is 4.12. The van der Waals surface area contributed by atoms with Crippen LogP contribution in [0.25, 0.3) is 11.0 Å². The van der Waals surface area contributed by atoms with Crippen molar-refractivity contribution in [3.63, 3.8) is 0 Å². The zero-order chi connectivity index (χ0) is 15.5. The lowest BCUT2D eigenvalue weighted by Gasteiger charge is -2.15. The number of hydrogen-bond acceptors (Lipinski definition) is 2. The minimum Gasteiger partial charge on any atom is -0.327 e. The summed E-state index contributed by atoms with van der Waals surface area (Å²) in [6.07, 6.45) is 0. The van der Waals surface area contributed by atoms with Crippen LogP contribution in [0.15, 0.2) is 48.5 Å². The van der Waals surface area contributed by atoms with Crippen LogP contribution in [-0.4, -0.2) is 9.55 Å². The Morgan fingerprint density at radius 2 is 2.00 bits per heavy atom. The number of nitrogens with zero attached hydrogens (tertiary/aromatic N) is 2. The van der Waals surface area contributed by atoms with Gasteiger partial charge < -0.3 is 9.88 Å². The van der Waals surface area contributed by atoms with Gasteiger partial charge in [-0.15, -0.1) is 0 Å². The standard InChI is InChI=1S/C18H20ClN3/c1-3-22-17-10-5-4-9-16(17)21-18(22)13(2)20-12-14-7-6-8-15(19)11-14/h4-11,13,20H,3,12H2,1-2H3. The maximum Gasteiger partial charge on any atom is 0.126 e. The second kappa shape index (κ2) is 6.51. The average Bonchev–Trinajstić information content (AvgIpc) is 2.91. The third-order valence-electron chi connectivity index (χ3n) is 3.89. The SMILES string of the molecule is CCn1c(C(C)NCc2cccc(Cl)c2)nc2ccccc21. The highest BCUT2D eigenvalue weighted by molar-refractivity contribution is 6.30. The highest BCUT2D eigenvalue weighted by Gasteiger charge is 2.15. The van der Waals surface area contributed by atoms with Gasteiger partial charge >= 0.3 is 0 Å². The molecule has 1 atom stereocenters. The van der Waals surface area contributed by atoms with E-state index < -0.39 is 0 Å². The fourth-order valence-corrected chi connectivity index (χ4v) is 2.98. The van der Waals surface area contributed by atoms with Gasteiger partial charge in [0, 0.05) is 18.1 Å². The minimum absolute atomic E-state index is 0.173. The van der Waals surface area contributed by atoms with Crippen molar-refractivity contribution in [2.24, 2.45) is 0 Å². The first-order valence-corrected chi connectivity index (χ1v) is 8.00. The Morgan fingerprint density at radius 3 is 2.77 bits per heavy atom. The van der Waals surface area contributed by atoms with Gasteiger partial charge in [0.15, 0.2) is 0 Å². The van der Waals surface area contributed by atoms with Crippen LogP contribution in [0.1, 0.15) is 31.3 Å². The number of rotatable bonds is 5. The van der Waals surface area contributed by atoms with E-state index >= 15 is 0 Å². The van der Waals surface area contributed by atoms with Gasteiger partial charge in [0.25, 0.3) is 0 Å². The highest BCUT2D eigenvalue weighted by atomic mass is 35.5. The smallest absolute Gasteiger partial charge is 0.126 e. The lowest BCUT2D eigenvalue weighted by Crippen LogP contribution is -2.21. The molecular weight excluding hydrogens is 294 g/mol. The number of halogens is 1. The van der Waals surface area contributed by atoms with E-state index in [-0.39, 0.29) is 6.04 Å². The van der Waals surface area contributed by atoms with Gasteiger partial charge in [-0.3, -0.25) is 0 Å². The minimum atomic E-state index is 0.173. The number of imidazole rings is 1. The van der Waals surface area contributed by atoms with Gasteiger partial charge in [-0.2, -0.15) is 0 Å². The van der Waals surface area contributed by atoms with Crippen LogP contribution in [0.3, 0.4) is 0 Å². The first kappa shape index (κ1) is 15.1. The molecule has 0 amide bonds. The van der Waals surface area contributed by atoms with Crippen molar-refractivity contribution in [1.82, 2.24) is 14.9 Å². The Bertz CT molecular complexity index is 779. The summed E-state index contributed by atoms with van der Waals surface area (Å²) in [5.41, 5.74) is 3.42. The Balaban J connectivity index is 1.81. The average molecular weight is 314 g/mol. The Kier molecular flexibility index (Phi) is 4.46. The molecule has 0 aliphatic rings. The molecule has 2 aromatic carbocycles. The number of nitrogens with one attached hydrogen (secondary N) is 1. The first-order valence-electron chi connectivity index (χ1n) is 7.62. The molecule has 22 heavy (non-hydrogen) atoms. The van der Waals surface area contributed by atoms with Gasteiger partial charge in [0.2, 0.25) is 0 Å². The molecule has 1 unspecified atom stereocenters. The van der Waals surface area contributed by atoms with E-state index in [0.717, 1.165) is 29.5 Å². The van der Waals surface area contributed by atoms with E-state index in [2.05, 4.69) is 48.0 Å². The van der Waals surface area contributed by atoms with Crippen LogP contribution in [0, 0.1) is 0 Å². The first-order chi connectivity index (χ1) is 10.7. The van der Waals surface area contributed by atoms with E-state index in [1.54, 1.807) is 0 Å². The van der Waals surface area contributed by atoms with E-state index in [1.165, 1.54) is 11.1 Å². The molecular formula is C18H20ClN3. The molecule has 1 heterocycles. The molecule has 1 aromatic heterocycles. The second-order valence-electron chi connectivity index (χ2n) is 5.44. The third kappa shape index (κ3) is 3.01. The summed E-state index contributed by atoms with van der Waals surface area (Å²) in [5.74, 6) is 1.07. The quantitative estimate of drug-likeness (QED) is 0.748. The number of aryl methyl sites for hydroxylation is 1. The summed E-state index contributed by atoms with van der Waals surface area (Å²) >= 11 is 6.03. The molecule has 4 heteroatoms. The molecule has 0 aliphatic carbocycles. The molecule has 3 aromatic rings. The zero-order valence-corrected chi connectivity index (χ0v) is 13.6. The molecule has 0 bridgehead atoms. The normalized spacial score (nSPS) is 12.7. The van der Waals surface area contributed by atoms with Crippen LogP contribution in [0.4, 0.5) is 0 Å². The van der Waals surface area contributed by atoms with Gasteiger partial charge in [0.1, 0.15) is 5.82 Å². The number of benzene rings is 2. The molecule has 3 rings (SSSR count). The molecule has 0 fully saturated rings. The lowest BCUT2D eigenvalue weighted by molar-refractivity contribution is 0.521. The molecule has 0 saturated carbocycles. The van der Waals surface area contributed by atoms with Crippen molar-refractivity contribution >= 4 is 22.6 Å². The Hall–Kier alpha value is -1.84. The summed E-state index contributed by atoms with van der Waals surface area (Å²) in [6.45, 7) is 5.99. The van der Waals surface area contributed by atoms with Crippen molar-refractivity contribution in [1.29, 1.82) is 0 Å². The van der Waals surface area contributed by atoms with Crippen molar-refractivity contribution < 1.29 is 0 Å². The molecule has 0 radical (unpaired) electrons. The maximum absolute atomic E-state index is 6.03. The second-order valence-corrected chi connectivity index (χ2v) is 5.87. The van der Waals surface area contributed by atoms with Crippen LogP contribution in [-0.2, 0) is 13.1 Å². The molecule has 1 N–H and O–H groups in total. The fourth-order valence-electron chi connectivity index (χ4n) is 2.77. The van der Waals surface area contributed by atoms with Crippen LogP contribution < -0.4 is 5.32 Å². The largest absolute Gasteiger partial charge is 0.327 e. The zero-order valence-electron chi connectivity index (χ0n) is 12.9. The monoisotopic (exact) mass is 313 g/mol. The van der Waals surface area contributed by atoms with Gasteiger partial charge in [-0.05, 0) is 43.7 Å². The van der Waals surface area contributed by atoms with Crippen LogP contribution in [0.2, 0.25) is 5.02 Å². The summed E-state index contributed by atoms with van der Waals surface area (Å²) in [6, 6.07) is 16.4. The molecule has 0 spiro atoms. The van der Waals surface area contributed by atoms with E-state index in [1.807, 2.05) is 24.3 Å². The summed E-state index contributed by atoms with van der Waals surface area (Å²) in [4.78, 5) is 4.79. The summed E-state index contributed by atoms with van der Waals surface area (Å²) in [5, 5.41) is 4.31. The van der Waals surface area contributed by atoms with Crippen molar-refractivity contribution in [2.45, 2.75) is 33.0 Å². The predicted octanol–water partition coefficient (Wildman–Crippen LogP) is 4.56. The fraction of sp³-hybridized carbons (Fsp3) is 0.278. The highest BCUT2D eigenvalue weighted by Crippen LogP contribution is 2.21. The van der Waals surface area contributed by atoms with E-state index in [0.29, 0.717) is 0 Å².